The van der Waals surface area contributed by atoms with E-state index < -0.39 is 0 Å². The van der Waals surface area contributed by atoms with Crippen molar-refractivity contribution in [3.63, 3.8) is 0 Å². The van der Waals surface area contributed by atoms with Crippen molar-refractivity contribution in [2.45, 2.75) is 6.54 Å². The highest BCUT2D eigenvalue weighted by atomic mass is 79.9. The zero-order chi connectivity index (χ0) is 9.84. The first-order chi connectivity index (χ1) is 6.13. The molecule has 0 spiro atoms. The molecule has 0 fully saturated rings. The van der Waals surface area contributed by atoms with Crippen LogP contribution in [-0.2, 0) is 6.54 Å². The van der Waals surface area contributed by atoms with E-state index in [2.05, 4.69) is 32.4 Å². The molecule has 0 saturated heterocycles. The van der Waals surface area contributed by atoms with Gasteiger partial charge in [-0.3, -0.25) is 4.99 Å². The first-order valence-electron chi connectivity index (χ1n) is 3.79. The van der Waals surface area contributed by atoms with Gasteiger partial charge in [0.25, 0.3) is 0 Å². The lowest BCUT2D eigenvalue weighted by molar-refractivity contribution is 0.499. The molecule has 1 heterocycles. The third-order valence-electron chi connectivity index (χ3n) is 1.63. The topological polar surface area (TPSA) is 41.6 Å². The highest BCUT2D eigenvalue weighted by Gasteiger charge is 2.03. The molecular weight excluding hydrogens is 250 g/mol. The first-order valence-corrected chi connectivity index (χ1v) is 5.47. The summed E-state index contributed by atoms with van der Waals surface area (Å²) in [6.45, 7) is 0.805. The molecule has 0 aliphatic rings. The van der Waals surface area contributed by atoms with E-state index in [-0.39, 0.29) is 0 Å². The Balaban J connectivity index is 2.59. The third-order valence-corrected chi connectivity index (χ3v) is 3.32. The van der Waals surface area contributed by atoms with Crippen molar-refractivity contribution in [1.29, 1.82) is 0 Å². The van der Waals surface area contributed by atoms with E-state index >= 15 is 0 Å². The summed E-state index contributed by atoms with van der Waals surface area (Å²) in [6.07, 6.45) is 0. The van der Waals surface area contributed by atoms with Crippen LogP contribution in [0.25, 0.3) is 0 Å². The summed E-state index contributed by atoms with van der Waals surface area (Å²) < 4.78 is 1.12. The smallest absolute Gasteiger partial charge is 0.191 e. The van der Waals surface area contributed by atoms with Crippen molar-refractivity contribution in [3.05, 3.63) is 20.8 Å². The fourth-order valence-corrected chi connectivity index (χ4v) is 2.43. The molecule has 0 bridgehead atoms. The number of hydrogen-bond donors (Lipinski definition) is 1. The molecule has 1 rings (SSSR count). The molecule has 0 atom stereocenters. The van der Waals surface area contributed by atoms with E-state index in [1.54, 1.807) is 18.4 Å². The van der Waals surface area contributed by atoms with Crippen molar-refractivity contribution in [1.82, 2.24) is 4.90 Å². The standard InChI is InChI=1S/C8H12BrN3S/c1-11-8(10)12(2)4-7-3-6(9)5-13-7/h3,5H,4H2,1-2H3,(H2,10,11). The molecule has 0 aliphatic carbocycles. The second-order valence-corrected chi connectivity index (χ2v) is 4.58. The van der Waals surface area contributed by atoms with Crippen LogP contribution in [0.4, 0.5) is 0 Å². The van der Waals surface area contributed by atoms with Gasteiger partial charge in [-0.25, -0.2) is 0 Å². The molecule has 3 nitrogen and oxygen atoms in total. The number of hydrogen-bond acceptors (Lipinski definition) is 2. The van der Waals surface area contributed by atoms with E-state index in [4.69, 9.17) is 5.73 Å². The average molecular weight is 262 g/mol. The van der Waals surface area contributed by atoms with Gasteiger partial charge in [-0.15, -0.1) is 11.3 Å². The Kier molecular flexibility index (Phi) is 3.74. The molecule has 1 aromatic rings. The Labute approximate surface area is 90.4 Å². The third kappa shape index (κ3) is 3.00. The summed E-state index contributed by atoms with van der Waals surface area (Å²) in [5.74, 6) is 0.560. The molecule has 0 amide bonds. The molecule has 2 N–H and O–H groups in total. The minimum Gasteiger partial charge on any atom is -0.370 e. The Bertz CT molecular complexity index is 308. The van der Waals surface area contributed by atoms with E-state index in [1.165, 1.54) is 4.88 Å². The predicted molar refractivity (Wildman–Crippen MR) is 61.0 cm³/mol. The Morgan fingerprint density at radius 3 is 2.92 bits per heavy atom. The molecule has 0 unspecified atom stereocenters. The molecule has 13 heavy (non-hydrogen) atoms. The van der Waals surface area contributed by atoms with Crippen LogP contribution in [0.3, 0.4) is 0 Å². The second kappa shape index (κ2) is 4.62. The molecule has 0 saturated carbocycles. The Morgan fingerprint density at radius 1 is 1.77 bits per heavy atom. The van der Waals surface area contributed by atoms with Crippen LogP contribution in [0.1, 0.15) is 4.88 Å². The molecular formula is C8H12BrN3S. The van der Waals surface area contributed by atoms with Gasteiger partial charge in [-0.2, -0.15) is 0 Å². The zero-order valence-electron chi connectivity index (χ0n) is 7.62. The summed E-state index contributed by atoms with van der Waals surface area (Å²) in [4.78, 5) is 7.08. The van der Waals surface area contributed by atoms with Gasteiger partial charge >= 0.3 is 0 Å². The number of thiophene rings is 1. The molecule has 0 radical (unpaired) electrons. The molecule has 1 aromatic heterocycles. The normalized spacial score (nSPS) is 11.8. The maximum Gasteiger partial charge on any atom is 0.191 e. The maximum absolute atomic E-state index is 5.64. The lowest BCUT2D eigenvalue weighted by Crippen LogP contribution is -2.32. The summed E-state index contributed by atoms with van der Waals surface area (Å²) in [5, 5.41) is 2.06. The van der Waals surface area contributed by atoms with Crippen molar-refractivity contribution in [2.75, 3.05) is 14.1 Å². The minimum atomic E-state index is 0.560. The van der Waals surface area contributed by atoms with Crippen LogP contribution in [0.15, 0.2) is 20.9 Å². The first kappa shape index (κ1) is 10.5. The van der Waals surface area contributed by atoms with Gasteiger partial charge in [0, 0.05) is 28.8 Å². The summed E-state index contributed by atoms with van der Waals surface area (Å²) >= 11 is 5.11. The largest absolute Gasteiger partial charge is 0.370 e. The fraction of sp³-hybridized carbons (Fsp3) is 0.375. The summed E-state index contributed by atoms with van der Waals surface area (Å²) in [6, 6.07) is 2.09. The number of nitrogens with two attached hydrogens (primary N) is 1. The number of nitrogens with zero attached hydrogens (tertiary/aromatic N) is 2. The second-order valence-electron chi connectivity index (χ2n) is 2.67. The molecule has 0 aliphatic heterocycles. The highest BCUT2D eigenvalue weighted by molar-refractivity contribution is 9.10. The highest BCUT2D eigenvalue weighted by Crippen LogP contribution is 2.20. The monoisotopic (exact) mass is 261 g/mol. The number of aliphatic imine (C=N–C) groups is 1. The lowest BCUT2D eigenvalue weighted by Gasteiger charge is -2.15. The number of guanidine groups is 1. The van der Waals surface area contributed by atoms with E-state index in [0.29, 0.717) is 5.96 Å². The maximum atomic E-state index is 5.64. The van der Waals surface area contributed by atoms with Gasteiger partial charge in [-0.05, 0) is 22.0 Å². The van der Waals surface area contributed by atoms with Gasteiger partial charge < -0.3 is 10.6 Å². The van der Waals surface area contributed by atoms with Crippen LogP contribution in [0.5, 0.6) is 0 Å². The number of rotatable bonds is 2. The quantitative estimate of drug-likeness (QED) is 0.653. The number of halogens is 1. The van der Waals surface area contributed by atoms with E-state index in [1.807, 2.05) is 11.9 Å². The van der Waals surface area contributed by atoms with Gasteiger partial charge in [0.2, 0.25) is 0 Å². The lowest BCUT2D eigenvalue weighted by atomic mass is 10.4. The van der Waals surface area contributed by atoms with Crippen LogP contribution in [0, 0.1) is 0 Å². The SMILES string of the molecule is CN=C(N)N(C)Cc1cc(Br)cs1. The Morgan fingerprint density at radius 2 is 2.46 bits per heavy atom. The summed E-state index contributed by atoms with van der Waals surface area (Å²) in [5.41, 5.74) is 5.64. The van der Waals surface area contributed by atoms with Gasteiger partial charge in [0.15, 0.2) is 5.96 Å². The van der Waals surface area contributed by atoms with Gasteiger partial charge in [-0.1, -0.05) is 0 Å². The predicted octanol–water partition coefficient (Wildman–Crippen LogP) is 1.89. The van der Waals surface area contributed by atoms with Crippen molar-refractivity contribution < 1.29 is 0 Å². The van der Waals surface area contributed by atoms with Crippen molar-refractivity contribution in [2.24, 2.45) is 10.7 Å². The van der Waals surface area contributed by atoms with Crippen molar-refractivity contribution >= 4 is 33.2 Å². The van der Waals surface area contributed by atoms with Crippen LogP contribution >= 0.6 is 27.3 Å². The van der Waals surface area contributed by atoms with Gasteiger partial charge in [0.1, 0.15) is 0 Å². The molecule has 72 valence electrons. The average Bonchev–Trinajstić information content (AvgIpc) is 2.49. The van der Waals surface area contributed by atoms with E-state index in [9.17, 15) is 0 Å². The molecule has 0 aromatic carbocycles. The Hall–Kier alpha value is -0.550. The van der Waals surface area contributed by atoms with Crippen LogP contribution in [0.2, 0.25) is 0 Å². The molecule has 5 heteroatoms. The summed E-state index contributed by atoms with van der Waals surface area (Å²) in [7, 11) is 3.62. The van der Waals surface area contributed by atoms with Crippen LogP contribution < -0.4 is 5.73 Å². The minimum absolute atomic E-state index is 0.560. The van der Waals surface area contributed by atoms with E-state index in [0.717, 1.165) is 11.0 Å². The van der Waals surface area contributed by atoms with Gasteiger partial charge in [0.05, 0.1) is 6.54 Å². The zero-order valence-corrected chi connectivity index (χ0v) is 10.0. The fourth-order valence-electron chi connectivity index (χ4n) is 0.922. The van der Waals surface area contributed by atoms with Crippen LogP contribution in [-0.4, -0.2) is 25.0 Å². The van der Waals surface area contributed by atoms with Crippen molar-refractivity contribution in [3.8, 4) is 0 Å².